The largest absolute Gasteiger partial charge is 0.396 e. The number of aliphatic hydroxyl groups is 1. The number of hydrogen-bond acceptors (Lipinski definition) is 5. The zero-order valence-corrected chi connectivity index (χ0v) is 17.1. The van der Waals surface area contributed by atoms with Gasteiger partial charge in [0, 0.05) is 38.4 Å². The van der Waals surface area contributed by atoms with Crippen molar-refractivity contribution in [3.8, 4) is 10.4 Å². The van der Waals surface area contributed by atoms with Crippen LogP contribution in [0.2, 0.25) is 5.02 Å². The third-order valence-electron chi connectivity index (χ3n) is 5.15. The summed E-state index contributed by atoms with van der Waals surface area (Å²) in [6.45, 7) is 6.37. The predicted octanol–water partition coefficient (Wildman–Crippen LogP) is 5.20. The van der Waals surface area contributed by atoms with E-state index in [1.165, 1.54) is 10.4 Å². The van der Waals surface area contributed by atoms with E-state index in [0.717, 1.165) is 39.5 Å². The van der Waals surface area contributed by atoms with Crippen molar-refractivity contribution in [2.75, 3.05) is 6.61 Å². The molecule has 0 radical (unpaired) electrons. The van der Waals surface area contributed by atoms with Crippen molar-refractivity contribution < 1.29 is 9.63 Å². The van der Waals surface area contributed by atoms with Crippen LogP contribution in [0, 0.1) is 26.7 Å². The molecule has 0 aliphatic heterocycles. The summed E-state index contributed by atoms with van der Waals surface area (Å²) in [6.07, 6.45) is 2.70. The number of aromatic nitrogens is 1. The molecule has 140 valence electrons. The summed E-state index contributed by atoms with van der Waals surface area (Å²) in [5.74, 6) is 1.06. The number of hydrogen-bond donors (Lipinski definition) is 1. The maximum Gasteiger partial charge on any atom is 0.142 e. The van der Waals surface area contributed by atoms with E-state index in [0.29, 0.717) is 5.02 Å². The molecule has 27 heavy (non-hydrogen) atoms. The van der Waals surface area contributed by atoms with Gasteiger partial charge < -0.3 is 9.63 Å². The van der Waals surface area contributed by atoms with Crippen molar-refractivity contribution in [2.45, 2.75) is 33.2 Å². The van der Waals surface area contributed by atoms with Gasteiger partial charge in [-0.2, -0.15) is 0 Å². The van der Waals surface area contributed by atoms with Gasteiger partial charge in [0.1, 0.15) is 5.76 Å². The minimum atomic E-state index is 0.164. The standard InChI is InChI=1S/C21H21ClN2O2S/c1-11-13(3)27-21(17-9-23-26-12(17)2)19(11)20(24-18-8-15(18)10-25)14-4-6-16(22)7-5-14/h4-7,9,15,18,25H,8,10H2,1-3H3. The van der Waals surface area contributed by atoms with E-state index in [2.05, 4.69) is 19.0 Å². The molecule has 2 atom stereocenters. The maximum absolute atomic E-state index is 9.46. The van der Waals surface area contributed by atoms with Gasteiger partial charge in [-0.15, -0.1) is 11.3 Å². The second-order valence-electron chi connectivity index (χ2n) is 7.01. The number of benzene rings is 1. The third kappa shape index (κ3) is 3.47. The lowest BCUT2D eigenvalue weighted by Gasteiger charge is -2.11. The lowest BCUT2D eigenvalue weighted by molar-refractivity contribution is 0.274. The van der Waals surface area contributed by atoms with Crippen LogP contribution in [0.5, 0.6) is 0 Å². The first-order valence-corrected chi connectivity index (χ1v) is 10.2. The van der Waals surface area contributed by atoms with Crippen LogP contribution in [-0.4, -0.2) is 28.6 Å². The number of thiophene rings is 1. The van der Waals surface area contributed by atoms with Gasteiger partial charge in [0.05, 0.1) is 23.5 Å². The number of rotatable bonds is 5. The topological polar surface area (TPSA) is 58.6 Å². The first-order chi connectivity index (χ1) is 13.0. The van der Waals surface area contributed by atoms with Gasteiger partial charge in [0.15, 0.2) is 0 Å². The lowest BCUT2D eigenvalue weighted by Crippen LogP contribution is -2.08. The van der Waals surface area contributed by atoms with Gasteiger partial charge in [-0.1, -0.05) is 28.9 Å². The zero-order chi connectivity index (χ0) is 19.1. The van der Waals surface area contributed by atoms with Crippen LogP contribution in [0.25, 0.3) is 10.4 Å². The molecule has 1 aliphatic carbocycles. The number of halogens is 1. The van der Waals surface area contributed by atoms with Crippen molar-refractivity contribution in [3.63, 3.8) is 0 Å². The van der Waals surface area contributed by atoms with Crippen molar-refractivity contribution in [1.29, 1.82) is 0 Å². The molecule has 1 aliphatic rings. The van der Waals surface area contributed by atoms with E-state index in [9.17, 15) is 5.11 Å². The summed E-state index contributed by atoms with van der Waals surface area (Å²) in [5.41, 5.74) is 5.31. The average molecular weight is 401 g/mol. The molecule has 1 aromatic carbocycles. The molecule has 1 fully saturated rings. The highest BCUT2D eigenvalue weighted by atomic mass is 35.5. The molecule has 0 spiro atoms. The zero-order valence-electron chi connectivity index (χ0n) is 15.5. The van der Waals surface area contributed by atoms with Gasteiger partial charge in [-0.3, -0.25) is 4.99 Å². The molecular weight excluding hydrogens is 380 g/mol. The fraction of sp³-hybridized carbons (Fsp3) is 0.333. The van der Waals surface area contributed by atoms with E-state index < -0.39 is 0 Å². The molecule has 2 unspecified atom stereocenters. The first kappa shape index (κ1) is 18.4. The van der Waals surface area contributed by atoms with Crippen LogP contribution in [0.15, 0.2) is 40.0 Å². The minimum absolute atomic E-state index is 0.164. The first-order valence-electron chi connectivity index (χ1n) is 8.96. The fourth-order valence-corrected chi connectivity index (χ4v) is 4.61. The van der Waals surface area contributed by atoms with Crippen LogP contribution in [0.3, 0.4) is 0 Å². The molecule has 1 saturated carbocycles. The Bertz CT molecular complexity index is 1000. The van der Waals surface area contributed by atoms with Crippen molar-refractivity contribution >= 4 is 28.6 Å². The van der Waals surface area contributed by atoms with E-state index in [-0.39, 0.29) is 18.6 Å². The van der Waals surface area contributed by atoms with Gasteiger partial charge in [0.2, 0.25) is 0 Å². The second-order valence-corrected chi connectivity index (χ2v) is 8.67. The number of aliphatic imine (C=N–C) groups is 1. The number of aliphatic hydroxyl groups excluding tert-OH is 1. The van der Waals surface area contributed by atoms with Crippen LogP contribution in [0.4, 0.5) is 0 Å². The molecule has 3 aromatic rings. The molecular formula is C21H21ClN2O2S. The molecule has 4 rings (SSSR count). The highest BCUT2D eigenvalue weighted by molar-refractivity contribution is 7.16. The molecule has 1 N–H and O–H groups in total. The van der Waals surface area contributed by atoms with E-state index in [1.54, 1.807) is 17.5 Å². The Balaban J connectivity index is 1.91. The maximum atomic E-state index is 9.46. The number of nitrogens with zero attached hydrogens (tertiary/aromatic N) is 2. The molecule has 2 heterocycles. The van der Waals surface area contributed by atoms with Crippen LogP contribution >= 0.6 is 22.9 Å². The monoisotopic (exact) mass is 400 g/mol. The summed E-state index contributed by atoms with van der Waals surface area (Å²) < 4.78 is 5.32. The Kier molecular flexibility index (Phi) is 4.93. The van der Waals surface area contributed by atoms with E-state index >= 15 is 0 Å². The van der Waals surface area contributed by atoms with Gasteiger partial charge in [0.25, 0.3) is 0 Å². The van der Waals surface area contributed by atoms with Crippen molar-refractivity contribution in [3.05, 3.63) is 62.8 Å². The molecule has 0 saturated heterocycles. The highest BCUT2D eigenvalue weighted by Crippen LogP contribution is 2.41. The Labute approximate surface area is 167 Å². The van der Waals surface area contributed by atoms with Crippen molar-refractivity contribution in [1.82, 2.24) is 5.16 Å². The Morgan fingerprint density at radius 2 is 2.04 bits per heavy atom. The molecule has 4 nitrogen and oxygen atoms in total. The molecule has 6 heteroatoms. The Morgan fingerprint density at radius 1 is 1.30 bits per heavy atom. The van der Waals surface area contributed by atoms with E-state index in [4.69, 9.17) is 21.1 Å². The van der Waals surface area contributed by atoms with Crippen molar-refractivity contribution in [2.24, 2.45) is 10.9 Å². The number of aryl methyl sites for hydroxylation is 2. The fourth-order valence-electron chi connectivity index (χ4n) is 3.26. The third-order valence-corrected chi connectivity index (χ3v) is 6.64. The lowest BCUT2D eigenvalue weighted by atomic mass is 9.96. The molecule has 2 aromatic heterocycles. The van der Waals surface area contributed by atoms with Gasteiger partial charge in [-0.25, -0.2) is 0 Å². The Hall–Kier alpha value is -1.95. The van der Waals surface area contributed by atoms with Crippen LogP contribution in [-0.2, 0) is 0 Å². The summed E-state index contributed by atoms with van der Waals surface area (Å²) in [7, 11) is 0. The second kappa shape index (κ2) is 7.23. The summed E-state index contributed by atoms with van der Waals surface area (Å²) in [4.78, 5) is 7.42. The smallest absolute Gasteiger partial charge is 0.142 e. The summed E-state index contributed by atoms with van der Waals surface area (Å²) in [6, 6.07) is 7.96. The normalized spacial score (nSPS) is 19.5. The minimum Gasteiger partial charge on any atom is -0.396 e. The Morgan fingerprint density at radius 3 is 2.63 bits per heavy atom. The highest BCUT2D eigenvalue weighted by Gasteiger charge is 2.37. The molecule has 0 bridgehead atoms. The van der Waals surface area contributed by atoms with Gasteiger partial charge in [-0.05, 0) is 44.9 Å². The van der Waals surface area contributed by atoms with Crippen LogP contribution < -0.4 is 0 Å². The SMILES string of the molecule is Cc1oncc1-c1sc(C)c(C)c1C(=NC1CC1CO)c1ccc(Cl)cc1. The average Bonchev–Trinajstić information content (AvgIpc) is 3.18. The quantitative estimate of drug-likeness (QED) is 0.599. The molecule has 0 amide bonds. The predicted molar refractivity (Wildman–Crippen MR) is 110 cm³/mol. The van der Waals surface area contributed by atoms with Gasteiger partial charge >= 0.3 is 0 Å². The summed E-state index contributed by atoms with van der Waals surface area (Å²) >= 11 is 7.84. The van der Waals surface area contributed by atoms with Crippen LogP contribution in [0.1, 0.15) is 33.7 Å². The summed E-state index contributed by atoms with van der Waals surface area (Å²) in [5, 5.41) is 14.1. The van der Waals surface area contributed by atoms with E-state index in [1.807, 2.05) is 31.2 Å².